The third-order valence-electron chi connectivity index (χ3n) is 3.67. The Hall–Kier alpha value is -1.36. The standard InChI is InChI=1S/C13H23N5/c1-10-12(15-9-16-13(10)18-14)17-11-7-5-3-2-4-6-8-11/h9,11H,2-8,14H2,1H3,(H2,15,16,17,18). The number of nitrogens with zero attached hydrogens (tertiary/aromatic N) is 2. The number of hydrogen-bond donors (Lipinski definition) is 3. The number of rotatable bonds is 3. The molecule has 0 unspecified atom stereocenters. The lowest BCUT2D eigenvalue weighted by Crippen LogP contribution is -2.22. The van der Waals surface area contributed by atoms with Crippen molar-refractivity contribution in [3.63, 3.8) is 0 Å². The molecule has 5 nitrogen and oxygen atoms in total. The molecule has 1 aromatic rings. The molecular formula is C13H23N5. The third-order valence-corrected chi connectivity index (χ3v) is 3.67. The predicted molar refractivity (Wildman–Crippen MR) is 74.3 cm³/mol. The Morgan fingerprint density at radius 3 is 2.33 bits per heavy atom. The van der Waals surface area contributed by atoms with E-state index in [-0.39, 0.29) is 0 Å². The van der Waals surface area contributed by atoms with E-state index in [9.17, 15) is 0 Å². The lowest BCUT2D eigenvalue weighted by Gasteiger charge is -2.22. The quantitative estimate of drug-likeness (QED) is 0.567. The fourth-order valence-electron chi connectivity index (χ4n) is 2.54. The molecule has 1 aliphatic carbocycles. The summed E-state index contributed by atoms with van der Waals surface area (Å²) in [5, 5.41) is 3.54. The number of nitrogens with one attached hydrogen (secondary N) is 2. The van der Waals surface area contributed by atoms with Gasteiger partial charge in [-0.15, -0.1) is 0 Å². The van der Waals surface area contributed by atoms with Crippen molar-refractivity contribution in [2.45, 2.75) is 57.9 Å². The Kier molecular flexibility index (Phi) is 4.75. The van der Waals surface area contributed by atoms with E-state index in [4.69, 9.17) is 5.84 Å². The molecule has 1 saturated carbocycles. The minimum Gasteiger partial charge on any atom is -0.367 e. The zero-order chi connectivity index (χ0) is 12.8. The molecule has 0 radical (unpaired) electrons. The van der Waals surface area contributed by atoms with E-state index in [0.717, 1.165) is 11.4 Å². The molecule has 4 N–H and O–H groups in total. The molecule has 0 aliphatic heterocycles. The fourth-order valence-corrected chi connectivity index (χ4v) is 2.54. The summed E-state index contributed by atoms with van der Waals surface area (Å²) in [6, 6.07) is 0.532. The molecule has 0 bridgehead atoms. The van der Waals surface area contributed by atoms with Gasteiger partial charge in [0.05, 0.1) is 0 Å². The average Bonchev–Trinajstić information content (AvgIpc) is 2.34. The van der Waals surface area contributed by atoms with Crippen molar-refractivity contribution in [3.05, 3.63) is 11.9 Å². The van der Waals surface area contributed by atoms with E-state index in [1.807, 2.05) is 6.92 Å². The summed E-state index contributed by atoms with van der Waals surface area (Å²) in [5.74, 6) is 7.03. The van der Waals surface area contributed by atoms with Gasteiger partial charge in [0.15, 0.2) is 0 Å². The van der Waals surface area contributed by atoms with Crippen LogP contribution < -0.4 is 16.6 Å². The van der Waals surface area contributed by atoms with Crippen LogP contribution in [-0.2, 0) is 0 Å². The van der Waals surface area contributed by atoms with Crippen molar-refractivity contribution < 1.29 is 0 Å². The Balaban J connectivity index is 2.03. The summed E-state index contributed by atoms with van der Waals surface area (Å²) in [5.41, 5.74) is 3.59. The maximum Gasteiger partial charge on any atom is 0.148 e. The second kappa shape index (κ2) is 6.54. The van der Waals surface area contributed by atoms with E-state index in [0.29, 0.717) is 11.9 Å². The lowest BCUT2D eigenvalue weighted by atomic mass is 9.96. The highest BCUT2D eigenvalue weighted by molar-refractivity contribution is 5.56. The molecule has 1 aromatic heterocycles. The van der Waals surface area contributed by atoms with Gasteiger partial charge in [-0.05, 0) is 19.8 Å². The van der Waals surface area contributed by atoms with Crippen LogP contribution in [0.5, 0.6) is 0 Å². The molecule has 100 valence electrons. The second-order valence-electron chi connectivity index (χ2n) is 5.03. The Morgan fingerprint density at radius 2 is 1.67 bits per heavy atom. The molecule has 18 heavy (non-hydrogen) atoms. The summed E-state index contributed by atoms with van der Waals surface area (Å²) in [4.78, 5) is 8.41. The van der Waals surface area contributed by atoms with E-state index in [2.05, 4.69) is 20.7 Å². The first kappa shape index (κ1) is 13.1. The smallest absolute Gasteiger partial charge is 0.148 e. The van der Waals surface area contributed by atoms with E-state index >= 15 is 0 Å². The molecule has 0 atom stereocenters. The number of nitrogens with two attached hydrogens (primary N) is 1. The number of aromatic nitrogens is 2. The minimum atomic E-state index is 0.532. The van der Waals surface area contributed by atoms with Crippen molar-refractivity contribution in [2.75, 3.05) is 10.7 Å². The van der Waals surface area contributed by atoms with Gasteiger partial charge in [-0.3, -0.25) is 0 Å². The van der Waals surface area contributed by atoms with Crippen LogP contribution in [0.15, 0.2) is 6.33 Å². The number of anilines is 2. The number of nitrogen functional groups attached to an aromatic ring is 1. The van der Waals surface area contributed by atoms with Crippen LogP contribution in [0.4, 0.5) is 11.6 Å². The SMILES string of the molecule is Cc1c(NN)ncnc1NC1CCCCCCC1. The van der Waals surface area contributed by atoms with Gasteiger partial charge >= 0.3 is 0 Å². The molecular weight excluding hydrogens is 226 g/mol. The third kappa shape index (κ3) is 3.32. The first-order chi connectivity index (χ1) is 8.81. The maximum atomic E-state index is 5.43. The van der Waals surface area contributed by atoms with E-state index < -0.39 is 0 Å². The molecule has 2 rings (SSSR count). The van der Waals surface area contributed by atoms with Crippen LogP contribution in [0.25, 0.3) is 0 Å². The molecule has 5 heteroatoms. The zero-order valence-electron chi connectivity index (χ0n) is 11.1. The van der Waals surface area contributed by atoms with Crippen LogP contribution in [0, 0.1) is 6.92 Å². The Bertz CT molecular complexity index is 372. The molecule has 0 amide bonds. The number of hydrogen-bond acceptors (Lipinski definition) is 5. The van der Waals surface area contributed by atoms with Crippen LogP contribution in [0.3, 0.4) is 0 Å². The van der Waals surface area contributed by atoms with Crippen molar-refractivity contribution in [1.82, 2.24) is 9.97 Å². The minimum absolute atomic E-state index is 0.532. The highest BCUT2D eigenvalue weighted by Crippen LogP contribution is 2.23. The van der Waals surface area contributed by atoms with E-state index in [1.54, 1.807) is 6.33 Å². The van der Waals surface area contributed by atoms with Gasteiger partial charge in [0.1, 0.15) is 18.0 Å². The van der Waals surface area contributed by atoms with E-state index in [1.165, 1.54) is 44.9 Å². The second-order valence-corrected chi connectivity index (χ2v) is 5.03. The highest BCUT2D eigenvalue weighted by atomic mass is 15.3. The lowest BCUT2D eigenvalue weighted by molar-refractivity contribution is 0.470. The Labute approximate surface area is 109 Å². The predicted octanol–water partition coefficient (Wildman–Crippen LogP) is 2.60. The van der Waals surface area contributed by atoms with Gasteiger partial charge in [-0.25, -0.2) is 15.8 Å². The summed E-state index contributed by atoms with van der Waals surface area (Å²) < 4.78 is 0. The average molecular weight is 249 g/mol. The summed E-state index contributed by atoms with van der Waals surface area (Å²) >= 11 is 0. The van der Waals surface area contributed by atoms with Gasteiger partial charge in [-0.1, -0.05) is 32.1 Å². The van der Waals surface area contributed by atoms with Crippen LogP contribution in [-0.4, -0.2) is 16.0 Å². The van der Waals surface area contributed by atoms with Gasteiger partial charge in [-0.2, -0.15) is 0 Å². The maximum absolute atomic E-state index is 5.43. The molecule has 1 fully saturated rings. The first-order valence-electron chi connectivity index (χ1n) is 6.86. The normalized spacial score (nSPS) is 17.9. The van der Waals surface area contributed by atoms with Gasteiger partial charge in [0.2, 0.25) is 0 Å². The topological polar surface area (TPSA) is 75.9 Å². The number of hydrazine groups is 1. The van der Waals surface area contributed by atoms with Crippen molar-refractivity contribution in [3.8, 4) is 0 Å². The van der Waals surface area contributed by atoms with Gasteiger partial charge < -0.3 is 10.7 Å². The monoisotopic (exact) mass is 249 g/mol. The summed E-state index contributed by atoms with van der Waals surface area (Å²) in [6.45, 7) is 1.99. The molecule has 0 spiro atoms. The highest BCUT2D eigenvalue weighted by Gasteiger charge is 2.14. The van der Waals surface area contributed by atoms with Crippen LogP contribution in [0.2, 0.25) is 0 Å². The summed E-state index contributed by atoms with van der Waals surface area (Å²) in [6.07, 6.45) is 10.7. The summed E-state index contributed by atoms with van der Waals surface area (Å²) in [7, 11) is 0. The molecule has 1 aliphatic rings. The zero-order valence-corrected chi connectivity index (χ0v) is 11.1. The first-order valence-corrected chi connectivity index (χ1v) is 6.86. The van der Waals surface area contributed by atoms with Crippen LogP contribution in [0.1, 0.15) is 50.5 Å². The molecule has 0 saturated heterocycles. The molecule has 1 heterocycles. The van der Waals surface area contributed by atoms with Gasteiger partial charge in [0, 0.05) is 11.6 Å². The largest absolute Gasteiger partial charge is 0.367 e. The van der Waals surface area contributed by atoms with Gasteiger partial charge in [0.25, 0.3) is 0 Å². The molecule has 0 aromatic carbocycles. The van der Waals surface area contributed by atoms with Crippen molar-refractivity contribution in [2.24, 2.45) is 5.84 Å². The van der Waals surface area contributed by atoms with Crippen molar-refractivity contribution >= 4 is 11.6 Å². The fraction of sp³-hybridized carbons (Fsp3) is 0.692. The van der Waals surface area contributed by atoms with Crippen LogP contribution >= 0.6 is 0 Å². The Morgan fingerprint density at radius 1 is 1.06 bits per heavy atom. The van der Waals surface area contributed by atoms with Crippen molar-refractivity contribution in [1.29, 1.82) is 0 Å².